The summed E-state index contributed by atoms with van der Waals surface area (Å²) < 4.78 is 13.8. The number of halogens is 1. The highest BCUT2D eigenvalue weighted by molar-refractivity contribution is 5.82. The van der Waals surface area contributed by atoms with Crippen LogP contribution in [0.4, 0.5) is 4.39 Å². The third-order valence-electron chi connectivity index (χ3n) is 3.37. The molecule has 95 valence electrons. The normalized spacial score (nSPS) is 11.0. The Labute approximate surface area is 109 Å². The Morgan fingerprint density at radius 3 is 2.67 bits per heavy atom. The summed E-state index contributed by atoms with van der Waals surface area (Å²) in [6.07, 6.45) is 6.89. The van der Waals surface area contributed by atoms with Crippen LogP contribution in [0.1, 0.15) is 44.6 Å². The van der Waals surface area contributed by atoms with Crippen molar-refractivity contribution in [1.82, 2.24) is 0 Å². The largest absolute Gasteiger partial charge is 0.206 e. The first-order valence-corrected chi connectivity index (χ1v) is 6.90. The zero-order chi connectivity index (χ0) is 12.8. The highest BCUT2D eigenvalue weighted by Gasteiger charge is 2.04. The molecule has 0 saturated heterocycles. The van der Waals surface area contributed by atoms with Gasteiger partial charge in [-0.15, -0.1) is 0 Å². The number of fused-ring (bicyclic) bond motifs is 1. The summed E-state index contributed by atoms with van der Waals surface area (Å²) in [5.41, 5.74) is 0.810. The lowest BCUT2D eigenvalue weighted by Gasteiger charge is -2.05. The second-order valence-electron chi connectivity index (χ2n) is 4.86. The highest BCUT2D eigenvalue weighted by atomic mass is 19.1. The second-order valence-corrected chi connectivity index (χ2v) is 4.86. The summed E-state index contributed by atoms with van der Waals surface area (Å²) in [6, 6.07) is 12.6. The predicted molar refractivity (Wildman–Crippen MR) is 75.2 cm³/mol. The molecule has 18 heavy (non-hydrogen) atoms. The molecule has 0 nitrogen and oxygen atoms in total. The molecular weight excluding hydrogens is 223 g/mol. The van der Waals surface area contributed by atoms with Crippen LogP contribution in [-0.2, 0) is 6.42 Å². The van der Waals surface area contributed by atoms with E-state index in [-0.39, 0.29) is 5.82 Å². The molecule has 2 aromatic rings. The predicted octanol–water partition coefficient (Wildman–Crippen LogP) is 5.29. The molecule has 1 radical (unpaired) electrons. The molecule has 1 heteroatoms. The number of hydrogen-bond donors (Lipinski definition) is 0. The molecule has 0 aliphatic rings. The zero-order valence-electron chi connectivity index (χ0n) is 11.0. The van der Waals surface area contributed by atoms with Gasteiger partial charge in [0.1, 0.15) is 5.82 Å². The molecule has 0 N–H and O–H groups in total. The standard InChI is InChI=1S/C17H20F/c1-2-3-4-5-6-11-16-12-14-9-7-8-10-15(14)13-17(16)18/h7-10,12H,2-6,11H2,1H3. The Morgan fingerprint density at radius 2 is 1.83 bits per heavy atom. The maximum Gasteiger partial charge on any atom is 0.134 e. The van der Waals surface area contributed by atoms with Gasteiger partial charge in [0.15, 0.2) is 0 Å². The number of unbranched alkanes of at least 4 members (excludes halogenated alkanes) is 4. The van der Waals surface area contributed by atoms with Gasteiger partial charge in [-0.1, -0.05) is 56.9 Å². The number of rotatable bonds is 6. The third kappa shape index (κ3) is 3.32. The van der Waals surface area contributed by atoms with Gasteiger partial charge in [0.05, 0.1) is 0 Å². The summed E-state index contributed by atoms with van der Waals surface area (Å²) >= 11 is 0. The van der Waals surface area contributed by atoms with Crippen molar-refractivity contribution in [3.63, 3.8) is 0 Å². The van der Waals surface area contributed by atoms with Gasteiger partial charge in [-0.05, 0) is 35.2 Å². The van der Waals surface area contributed by atoms with Crippen LogP contribution in [0.2, 0.25) is 0 Å². The Balaban J connectivity index is 2.01. The van der Waals surface area contributed by atoms with Crippen molar-refractivity contribution >= 4 is 10.8 Å². The van der Waals surface area contributed by atoms with Crippen LogP contribution in [0.5, 0.6) is 0 Å². The van der Waals surface area contributed by atoms with Crippen LogP contribution in [0.3, 0.4) is 0 Å². The first kappa shape index (κ1) is 13.1. The minimum absolute atomic E-state index is 0.177. The molecule has 0 unspecified atom stereocenters. The van der Waals surface area contributed by atoms with Crippen molar-refractivity contribution in [1.29, 1.82) is 0 Å². The summed E-state index contributed by atoms with van der Waals surface area (Å²) in [5, 5.41) is 1.95. The van der Waals surface area contributed by atoms with Gasteiger partial charge < -0.3 is 0 Å². The van der Waals surface area contributed by atoms with E-state index >= 15 is 0 Å². The topological polar surface area (TPSA) is 0 Å². The van der Waals surface area contributed by atoms with E-state index in [1.165, 1.54) is 25.7 Å². The zero-order valence-corrected chi connectivity index (χ0v) is 11.0. The maximum absolute atomic E-state index is 13.8. The monoisotopic (exact) mass is 243 g/mol. The Morgan fingerprint density at radius 1 is 1.06 bits per heavy atom. The van der Waals surface area contributed by atoms with Crippen LogP contribution in [0, 0.1) is 11.9 Å². The van der Waals surface area contributed by atoms with Crippen molar-refractivity contribution < 1.29 is 4.39 Å². The van der Waals surface area contributed by atoms with Crippen LogP contribution in [0.15, 0.2) is 30.3 Å². The maximum atomic E-state index is 13.8. The smallest absolute Gasteiger partial charge is 0.134 e. The van der Waals surface area contributed by atoms with E-state index in [0.717, 1.165) is 29.2 Å². The average Bonchev–Trinajstić information content (AvgIpc) is 2.39. The molecular formula is C17H20F. The number of aryl methyl sites for hydroxylation is 1. The van der Waals surface area contributed by atoms with Crippen molar-refractivity contribution in [2.45, 2.75) is 45.4 Å². The number of benzene rings is 2. The molecule has 0 spiro atoms. The second kappa shape index (κ2) is 6.53. The van der Waals surface area contributed by atoms with Crippen LogP contribution >= 0.6 is 0 Å². The quantitative estimate of drug-likeness (QED) is 0.604. The molecule has 0 aliphatic heterocycles. The molecule has 0 aliphatic carbocycles. The lowest BCUT2D eigenvalue weighted by atomic mass is 10.0. The van der Waals surface area contributed by atoms with Crippen LogP contribution < -0.4 is 0 Å². The molecule has 0 heterocycles. The fourth-order valence-corrected chi connectivity index (χ4v) is 2.29. The Hall–Kier alpha value is -1.37. The molecule has 0 fully saturated rings. The molecule has 0 aromatic heterocycles. The van der Waals surface area contributed by atoms with Crippen molar-refractivity contribution in [3.8, 4) is 0 Å². The minimum atomic E-state index is -0.177. The molecule has 2 rings (SSSR count). The van der Waals surface area contributed by atoms with Gasteiger partial charge in [0, 0.05) is 6.07 Å². The van der Waals surface area contributed by atoms with Crippen LogP contribution in [0.25, 0.3) is 10.8 Å². The van der Waals surface area contributed by atoms with Gasteiger partial charge in [-0.3, -0.25) is 0 Å². The summed E-state index contributed by atoms with van der Waals surface area (Å²) in [7, 11) is 0. The average molecular weight is 243 g/mol. The van der Waals surface area contributed by atoms with E-state index in [9.17, 15) is 4.39 Å². The SMILES string of the molecule is CCCCCCCc1cc2ccccc2[c]c1F. The van der Waals surface area contributed by atoms with E-state index in [2.05, 4.69) is 13.0 Å². The first-order chi connectivity index (χ1) is 8.81. The number of hydrogen-bond acceptors (Lipinski definition) is 0. The van der Waals surface area contributed by atoms with Crippen molar-refractivity contribution in [2.75, 3.05) is 0 Å². The fraction of sp³-hybridized carbons (Fsp3) is 0.412. The Kier molecular flexibility index (Phi) is 4.74. The van der Waals surface area contributed by atoms with Crippen molar-refractivity contribution in [3.05, 3.63) is 47.8 Å². The van der Waals surface area contributed by atoms with E-state index in [1.807, 2.05) is 30.3 Å². The molecule has 0 saturated carbocycles. The summed E-state index contributed by atoms with van der Waals surface area (Å²) in [6.45, 7) is 2.21. The van der Waals surface area contributed by atoms with Gasteiger partial charge in [0.25, 0.3) is 0 Å². The van der Waals surface area contributed by atoms with Gasteiger partial charge >= 0.3 is 0 Å². The molecule has 0 bridgehead atoms. The lowest BCUT2D eigenvalue weighted by molar-refractivity contribution is 0.588. The fourth-order valence-electron chi connectivity index (χ4n) is 2.29. The molecule has 0 atom stereocenters. The summed E-state index contributed by atoms with van der Waals surface area (Å²) in [5.74, 6) is -0.177. The minimum Gasteiger partial charge on any atom is -0.206 e. The van der Waals surface area contributed by atoms with Gasteiger partial charge in [-0.2, -0.15) is 0 Å². The highest BCUT2D eigenvalue weighted by Crippen LogP contribution is 2.20. The molecule has 0 amide bonds. The van der Waals surface area contributed by atoms with E-state index in [4.69, 9.17) is 0 Å². The Bertz CT molecular complexity index is 502. The van der Waals surface area contributed by atoms with Crippen LogP contribution in [-0.4, -0.2) is 0 Å². The van der Waals surface area contributed by atoms with E-state index in [1.54, 1.807) is 0 Å². The summed E-state index contributed by atoms with van der Waals surface area (Å²) in [4.78, 5) is 0. The molecule has 2 aromatic carbocycles. The van der Waals surface area contributed by atoms with Crippen molar-refractivity contribution in [2.24, 2.45) is 0 Å². The van der Waals surface area contributed by atoms with E-state index in [0.29, 0.717) is 0 Å². The third-order valence-corrected chi connectivity index (χ3v) is 3.37. The van der Waals surface area contributed by atoms with Gasteiger partial charge in [-0.25, -0.2) is 4.39 Å². The first-order valence-electron chi connectivity index (χ1n) is 6.90. The van der Waals surface area contributed by atoms with Gasteiger partial charge in [0.2, 0.25) is 0 Å². The van der Waals surface area contributed by atoms with E-state index < -0.39 is 0 Å². The lowest BCUT2D eigenvalue weighted by Crippen LogP contribution is -1.92.